The third kappa shape index (κ3) is 6.09. The van der Waals surface area contributed by atoms with Crippen molar-refractivity contribution < 1.29 is 0 Å². The second kappa shape index (κ2) is 7.07. The first-order valence-corrected chi connectivity index (χ1v) is 4.59. The molecule has 0 saturated carbocycles. The van der Waals surface area contributed by atoms with Gasteiger partial charge in [-0.25, -0.2) is 0 Å². The van der Waals surface area contributed by atoms with Crippen molar-refractivity contribution in [1.82, 2.24) is 0 Å². The normalized spacial score (nSPS) is 13.8. The molecule has 0 aliphatic heterocycles. The third-order valence-electron chi connectivity index (χ3n) is 1.30. The molecule has 0 nitrogen and oxygen atoms in total. The Balaban J connectivity index is 3.20. The van der Waals surface area contributed by atoms with Crippen LogP contribution in [-0.4, -0.2) is 4.83 Å². The van der Waals surface area contributed by atoms with Gasteiger partial charge in [0.2, 0.25) is 0 Å². The molecule has 58 valence electrons. The van der Waals surface area contributed by atoms with Crippen LogP contribution in [0.1, 0.15) is 26.2 Å². The minimum Gasteiger partial charge on any atom is -0.103 e. The molecule has 0 aromatic heterocycles. The topological polar surface area (TPSA) is 0 Å². The Hall–Kier alpha value is -0.0400. The van der Waals surface area contributed by atoms with E-state index in [9.17, 15) is 0 Å². The van der Waals surface area contributed by atoms with Crippen molar-refractivity contribution in [3.63, 3.8) is 0 Å². The molecule has 0 fully saturated rings. The van der Waals surface area contributed by atoms with Gasteiger partial charge in [0.15, 0.2) is 0 Å². The van der Waals surface area contributed by atoms with Gasteiger partial charge in [0, 0.05) is 4.83 Å². The maximum absolute atomic E-state index is 3.68. The second-order valence-electron chi connectivity index (χ2n) is 2.27. The molecule has 0 N–H and O–H groups in total. The first kappa shape index (κ1) is 9.96. The van der Waals surface area contributed by atoms with Gasteiger partial charge in [0.05, 0.1) is 0 Å². The largest absolute Gasteiger partial charge is 0.103 e. The summed E-state index contributed by atoms with van der Waals surface area (Å²) in [7, 11) is 0. The van der Waals surface area contributed by atoms with Crippen LogP contribution in [0, 0.1) is 0 Å². The fraction of sp³-hybridized carbons (Fsp3) is 0.556. The molecule has 0 aliphatic rings. The van der Waals surface area contributed by atoms with Gasteiger partial charge in [0.1, 0.15) is 0 Å². The van der Waals surface area contributed by atoms with Crippen LogP contribution in [0.25, 0.3) is 0 Å². The van der Waals surface area contributed by atoms with Gasteiger partial charge in [-0.1, -0.05) is 34.2 Å². The van der Waals surface area contributed by atoms with E-state index in [1.165, 1.54) is 12.8 Å². The molecule has 0 saturated heterocycles. The molecule has 1 heteroatoms. The van der Waals surface area contributed by atoms with Crippen molar-refractivity contribution in [2.45, 2.75) is 31.0 Å². The van der Waals surface area contributed by atoms with Crippen LogP contribution in [0.3, 0.4) is 0 Å². The highest BCUT2D eigenvalue weighted by molar-refractivity contribution is 9.09. The van der Waals surface area contributed by atoms with E-state index in [0.717, 1.165) is 6.42 Å². The van der Waals surface area contributed by atoms with E-state index in [-0.39, 0.29) is 0 Å². The molecule has 10 heavy (non-hydrogen) atoms. The maximum atomic E-state index is 3.68. The molecule has 0 radical (unpaired) electrons. The van der Waals surface area contributed by atoms with Crippen molar-refractivity contribution in [1.29, 1.82) is 0 Å². The third-order valence-corrected chi connectivity index (χ3v) is 2.14. The van der Waals surface area contributed by atoms with Gasteiger partial charge in [-0.05, 0) is 26.2 Å². The predicted molar refractivity (Wildman–Crippen MR) is 51.6 cm³/mol. The number of allylic oxidation sites excluding steroid dienone is 3. The minimum atomic E-state index is 0.612. The molecular formula is C9H15Br. The zero-order valence-electron chi connectivity index (χ0n) is 6.52. The summed E-state index contributed by atoms with van der Waals surface area (Å²) in [6.07, 6.45) is 9.67. The highest BCUT2D eigenvalue weighted by atomic mass is 79.9. The lowest BCUT2D eigenvalue weighted by molar-refractivity contribution is 0.793. The van der Waals surface area contributed by atoms with Crippen molar-refractivity contribution in [3.8, 4) is 0 Å². The summed E-state index contributed by atoms with van der Waals surface area (Å²) in [5, 5.41) is 0. The number of rotatable bonds is 5. The fourth-order valence-corrected chi connectivity index (χ4v) is 1.27. The molecule has 0 amide bonds. The molecule has 0 spiro atoms. The average molecular weight is 203 g/mol. The summed E-state index contributed by atoms with van der Waals surface area (Å²) < 4.78 is 0. The van der Waals surface area contributed by atoms with Gasteiger partial charge in [-0.2, -0.15) is 0 Å². The van der Waals surface area contributed by atoms with Crippen LogP contribution in [0.2, 0.25) is 0 Å². The second-order valence-corrected chi connectivity index (χ2v) is 3.56. The van der Waals surface area contributed by atoms with Gasteiger partial charge >= 0.3 is 0 Å². The van der Waals surface area contributed by atoms with Gasteiger partial charge in [-0.15, -0.1) is 6.58 Å². The zero-order chi connectivity index (χ0) is 7.82. The Morgan fingerprint density at radius 2 is 2.30 bits per heavy atom. The van der Waals surface area contributed by atoms with Crippen LogP contribution < -0.4 is 0 Å². The van der Waals surface area contributed by atoms with E-state index >= 15 is 0 Å². The standard InChI is InChI=1S/C9H15Br/c1-3-5-6-8-9(10)7-4-2/h3-5,9H,2,6-8H2,1H3. The lowest BCUT2D eigenvalue weighted by Gasteiger charge is -2.02. The number of hydrogen-bond acceptors (Lipinski definition) is 0. The van der Waals surface area contributed by atoms with Gasteiger partial charge in [-0.3, -0.25) is 0 Å². The quantitative estimate of drug-likeness (QED) is 0.472. The molecule has 1 atom stereocenters. The molecule has 0 aromatic rings. The molecule has 0 rings (SSSR count). The van der Waals surface area contributed by atoms with Crippen LogP contribution in [-0.2, 0) is 0 Å². The lowest BCUT2D eigenvalue weighted by Crippen LogP contribution is -1.93. The molecule has 0 aromatic carbocycles. The predicted octanol–water partition coefficient (Wildman–Crippen LogP) is 3.68. The van der Waals surface area contributed by atoms with Crippen LogP contribution in [0.15, 0.2) is 24.8 Å². The summed E-state index contributed by atoms with van der Waals surface area (Å²) >= 11 is 3.56. The van der Waals surface area contributed by atoms with Crippen LogP contribution in [0.4, 0.5) is 0 Å². The van der Waals surface area contributed by atoms with Crippen LogP contribution in [0.5, 0.6) is 0 Å². The fourth-order valence-electron chi connectivity index (χ4n) is 0.742. The van der Waals surface area contributed by atoms with Gasteiger partial charge in [0.25, 0.3) is 0 Å². The van der Waals surface area contributed by atoms with E-state index in [1.54, 1.807) is 0 Å². The Labute approximate surface area is 72.1 Å². The Morgan fingerprint density at radius 3 is 2.80 bits per heavy atom. The van der Waals surface area contributed by atoms with E-state index in [2.05, 4.69) is 41.6 Å². The SMILES string of the molecule is C=CCC(Br)CCC=CC. The Bertz CT molecular complexity index is 105. The van der Waals surface area contributed by atoms with E-state index in [4.69, 9.17) is 0 Å². The van der Waals surface area contributed by atoms with Crippen molar-refractivity contribution in [3.05, 3.63) is 24.8 Å². The first-order chi connectivity index (χ1) is 4.81. The van der Waals surface area contributed by atoms with Crippen molar-refractivity contribution >= 4 is 15.9 Å². The summed E-state index contributed by atoms with van der Waals surface area (Å²) in [4.78, 5) is 0.612. The monoisotopic (exact) mass is 202 g/mol. The molecule has 0 heterocycles. The first-order valence-electron chi connectivity index (χ1n) is 3.67. The van der Waals surface area contributed by atoms with E-state index < -0.39 is 0 Å². The Kier molecular flexibility index (Phi) is 7.04. The lowest BCUT2D eigenvalue weighted by atomic mass is 10.2. The minimum absolute atomic E-state index is 0.612. The molecule has 0 bridgehead atoms. The maximum Gasteiger partial charge on any atom is 0.0183 e. The van der Waals surface area contributed by atoms with E-state index in [1.807, 2.05) is 6.08 Å². The number of alkyl halides is 1. The summed E-state index contributed by atoms with van der Waals surface area (Å²) in [5.74, 6) is 0. The smallest absolute Gasteiger partial charge is 0.0183 e. The van der Waals surface area contributed by atoms with Gasteiger partial charge < -0.3 is 0 Å². The number of hydrogen-bond donors (Lipinski definition) is 0. The number of halogens is 1. The highest BCUT2D eigenvalue weighted by Crippen LogP contribution is 2.12. The summed E-state index contributed by atoms with van der Waals surface area (Å²) in [6.45, 7) is 5.73. The Morgan fingerprint density at radius 1 is 1.60 bits per heavy atom. The molecular weight excluding hydrogens is 188 g/mol. The summed E-state index contributed by atoms with van der Waals surface area (Å²) in [6, 6.07) is 0. The van der Waals surface area contributed by atoms with Crippen molar-refractivity contribution in [2.24, 2.45) is 0 Å². The van der Waals surface area contributed by atoms with Crippen molar-refractivity contribution in [2.75, 3.05) is 0 Å². The van der Waals surface area contributed by atoms with Crippen LogP contribution >= 0.6 is 15.9 Å². The average Bonchev–Trinajstić information content (AvgIpc) is 1.89. The molecule has 1 unspecified atom stereocenters. The molecule has 0 aliphatic carbocycles. The highest BCUT2D eigenvalue weighted by Gasteiger charge is 1.97. The summed E-state index contributed by atoms with van der Waals surface area (Å²) in [5.41, 5.74) is 0. The zero-order valence-corrected chi connectivity index (χ0v) is 8.10. The van der Waals surface area contributed by atoms with E-state index in [0.29, 0.717) is 4.83 Å².